The molecule has 0 amide bonds. The highest BCUT2D eigenvalue weighted by Gasteiger charge is 2.17. The molecule has 0 saturated heterocycles. The molecule has 218 valence electrons. The summed E-state index contributed by atoms with van der Waals surface area (Å²) in [6, 6.07) is 58.4. The largest absolute Gasteiger partial charge is 0.456 e. The second-order valence-corrected chi connectivity index (χ2v) is 12.4. The number of aromatic nitrogens is 1. The lowest BCUT2D eigenvalue weighted by Crippen LogP contribution is -1.91. The molecule has 0 aliphatic carbocycles. The Labute approximate surface area is 271 Å². The molecule has 0 saturated carbocycles. The summed E-state index contributed by atoms with van der Waals surface area (Å²) in [5, 5.41) is 9.94. The summed E-state index contributed by atoms with van der Waals surface area (Å²) in [7, 11) is 0. The van der Waals surface area contributed by atoms with Gasteiger partial charge in [-0.2, -0.15) is 0 Å². The van der Waals surface area contributed by atoms with Gasteiger partial charge in [0.05, 0.1) is 11.4 Å². The number of benzene rings is 8. The van der Waals surface area contributed by atoms with Crippen molar-refractivity contribution in [3.63, 3.8) is 0 Å². The quantitative estimate of drug-likeness (QED) is 0.189. The maximum atomic E-state index is 6.47. The molecule has 0 radical (unpaired) electrons. The van der Waals surface area contributed by atoms with Crippen LogP contribution in [0.4, 0.5) is 0 Å². The van der Waals surface area contributed by atoms with Crippen molar-refractivity contribution in [2.75, 3.05) is 0 Å². The van der Waals surface area contributed by atoms with Gasteiger partial charge in [0, 0.05) is 21.9 Å². The zero-order valence-electron chi connectivity index (χ0n) is 25.4. The summed E-state index contributed by atoms with van der Waals surface area (Å²) < 4.78 is 6.47. The van der Waals surface area contributed by atoms with E-state index in [-0.39, 0.29) is 0 Å². The molecular weight excluding hydrogens is 571 g/mol. The van der Waals surface area contributed by atoms with Crippen LogP contribution < -0.4 is 0 Å². The highest BCUT2D eigenvalue weighted by atomic mass is 16.3. The Bertz CT molecular complexity index is 2650. The normalized spacial score (nSPS) is 11.8. The molecule has 47 heavy (non-hydrogen) atoms. The second kappa shape index (κ2) is 10.1. The van der Waals surface area contributed by atoms with Crippen molar-refractivity contribution in [1.29, 1.82) is 0 Å². The van der Waals surface area contributed by atoms with Gasteiger partial charge in [0.15, 0.2) is 0 Å². The summed E-state index contributed by atoms with van der Waals surface area (Å²) in [5.41, 5.74) is 10.4. The van der Waals surface area contributed by atoms with Gasteiger partial charge in [0.2, 0.25) is 0 Å². The highest BCUT2D eigenvalue weighted by Crippen LogP contribution is 2.41. The third-order valence-corrected chi connectivity index (χ3v) is 9.57. The molecule has 2 nitrogen and oxygen atoms in total. The van der Waals surface area contributed by atoms with Gasteiger partial charge >= 0.3 is 0 Å². The van der Waals surface area contributed by atoms with Gasteiger partial charge in [0.1, 0.15) is 11.2 Å². The van der Waals surface area contributed by atoms with Crippen LogP contribution in [0, 0.1) is 0 Å². The van der Waals surface area contributed by atoms with E-state index in [1.807, 2.05) is 6.07 Å². The van der Waals surface area contributed by atoms with Gasteiger partial charge in [-0.3, -0.25) is 0 Å². The SMILES string of the molecule is c1ccc(-c2cc(-c3ccccc3)nc(-c3cccc4oc5ccc(-c6cc7ccc8cccc9ccc(c6)c7c89)cc5c34)c2)cc1. The minimum absolute atomic E-state index is 0.860. The molecular formula is C45H27NO. The highest BCUT2D eigenvalue weighted by molar-refractivity contribution is 6.24. The Morgan fingerprint density at radius 3 is 1.70 bits per heavy atom. The van der Waals surface area contributed by atoms with Gasteiger partial charge in [-0.25, -0.2) is 4.98 Å². The van der Waals surface area contributed by atoms with Crippen LogP contribution in [0.3, 0.4) is 0 Å². The lowest BCUT2D eigenvalue weighted by atomic mass is 9.91. The molecule has 8 aromatic carbocycles. The van der Waals surface area contributed by atoms with Crippen LogP contribution in [-0.4, -0.2) is 4.98 Å². The number of rotatable bonds is 4. The van der Waals surface area contributed by atoms with Crippen molar-refractivity contribution in [2.45, 2.75) is 0 Å². The third-order valence-electron chi connectivity index (χ3n) is 9.57. The van der Waals surface area contributed by atoms with Crippen molar-refractivity contribution in [3.05, 3.63) is 164 Å². The molecule has 2 heteroatoms. The number of hydrogen-bond acceptors (Lipinski definition) is 2. The number of fused-ring (bicyclic) bond motifs is 3. The number of pyridine rings is 1. The molecule has 10 aromatic rings. The Hall–Kier alpha value is -6.25. The zero-order valence-corrected chi connectivity index (χ0v) is 25.4. The Kier molecular flexibility index (Phi) is 5.61. The van der Waals surface area contributed by atoms with E-state index in [2.05, 4.69) is 158 Å². The van der Waals surface area contributed by atoms with Crippen LogP contribution in [0.5, 0.6) is 0 Å². The van der Waals surface area contributed by atoms with E-state index in [0.29, 0.717) is 0 Å². The Balaban J connectivity index is 1.19. The fourth-order valence-electron chi connectivity index (χ4n) is 7.36. The molecule has 10 rings (SSSR count). The van der Waals surface area contributed by atoms with E-state index in [0.717, 1.165) is 61.1 Å². The summed E-state index contributed by atoms with van der Waals surface area (Å²) in [6.45, 7) is 0. The molecule has 0 aliphatic rings. The molecule has 0 spiro atoms. The first-order valence-corrected chi connectivity index (χ1v) is 16.0. The standard InChI is InChI=1S/C45H27NO/c1-3-9-28(10-4-1)36-26-39(29-11-5-2-6-12-29)46-40(27-36)37-15-8-16-42-45(37)38-25-32(21-22-41(38)47-42)35-23-33-19-17-30-13-7-14-31-18-20-34(24-35)44(33)43(30)31/h1-27H. The molecule has 0 aliphatic heterocycles. The van der Waals surface area contributed by atoms with Gasteiger partial charge in [-0.05, 0) is 97.0 Å². The van der Waals surface area contributed by atoms with E-state index in [9.17, 15) is 0 Å². The van der Waals surface area contributed by atoms with Crippen LogP contribution >= 0.6 is 0 Å². The van der Waals surface area contributed by atoms with Gasteiger partial charge in [-0.15, -0.1) is 0 Å². The van der Waals surface area contributed by atoms with Crippen LogP contribution in [-0.2, 0) is 0 Å². The van der Waals surface area contributed by atoms with Gasteiger partial charge in [-0.1, -0.05) is 121 Å². The average Bonchev–Trinajstić information content (AvgIpc) is 3.52. The smallest absolute Gasteiger partial charge is 0.136 e. The molecule has 0 fully saturated rings. The van der Waals surface area contributed by atoms with Crippen LogP contribution in [0.1, 0.15) is 0 Å². The molecule has 0 bridgehead atoms. The minimum Gasteiger partial charge on any atom is -0.456 e. The van der Waals surface area contributed by atoms with Crippen molar-refractivity contribution < 1.29 is 4.42 Å². The topological polar surface area (TPSA) is 26.0 Å². The molecule has 0 N–H and O–H groups in total. The number of furan rings is 1. The van der Waals surface area contributed by atoms with E-state index < -0.39 is 0 Å². The second-order valence-electron chi connectivity index (χ2n) is 12.4. The predicted octanol–water partition coefficient (Wildman–Crippen LogP) is 12.5. The fourth-order valence-corrected chi connectivity index (χ4v) is 7.36. The monoisotopic (exact) mass is 597 g/mol. The first-order valence-electron chi connectivity index (χ1n) is 16.0. The van der Waals surface area contributed by atoms with Crippen molar-refractivity contribution in [2.24, 2.45) is 0 Å². The van der Waals surface area contributed by atoms with Crippen molar-refractivity contribution in [3.8, 4) is 44.8 Å². The van der Waals surface area contributed by atoms with Crippen molar-refractivity contribution >= 4 is 54.3 Å². The maximum Gasteiger partial charge on any atom is 0.136 e. The average molecular weight is 598 g/mol. The van der Waals surface area contributed by atoms with E-state index >= 15 is 0 Å². The molecule has 2 heterocycles. The predicted molar refractivity (Wildman–Crippen MR) is 197 cm³/mol. The maximum absolute atomic E-state index is 6.47. The number of nitrogens with zero attached hydrogens (tertiary/aromatic N) is 1. The fraction of sp³-hybridized carbons (Fsp3) is 0. The van der Waals surface area contributed by atoms with E-state index in [1.165, 1.54) is 37.9 Å². The lowest BCUT2D eigenvalue weighted by molar-refractivity contribution is 0.669. The van der Waals surface area contributed by atoms with Crippen molar-refractivity contribution in [1.82, 2.24) is 4.98 Å². The Morgan fingerprint density at radius 1 is 0.340 bits per heavy atom. The molecule has 0 unspecified atom stereocenters. The lowest BCUT2D eigenvalue weighted by Gasteiger charge is -2.13. The number of hydrogen-bond donors (Lipinski definition) is 0. The summed E-state index contributed by atoms with van der Waals surface area (Å²) in [6.07, 6.45) is 0. The van der Waals surface area contributed by atoms with Gasteiger partial charge < -0.3 is 4.42 Å². The first kappa shape index (κ1) is 26.0. The van der Waals surface area contributed by atoms with Crippen LogP contribution in [0.25, 0.3) is 99.0 Å². The third kappa shape index (κ3) is 4.16. The van der Waals surface area contributed by atoms with Crippen LogP contribution in [0.2, 0.25) is 0 Å². The Morgan fingerprint density at radius 2 is 0.957 bits per heavy atom. The van der Waals surface area contributed by atoms with Crippen LogP contribution in [0.15, 0.2) is 168 Å². The van der Waals surface area contributed by atoms with E-state index in [1.54, 1.807) is 0 Å². The van der Waals surface area contributed by atoms with E-state index in [4.69, 9.17) is 9.40 Å². The summed E-state index contributed by atoms with van der Waals surface area (Å²) in [4.78, 5) is 5.25. The summed E-state index contributed by atoms with van der Waals surface area (Å²) >= 11 is 0. The minimum atomic E-state index is 0.860. The molecule has 2 aromatic heterocycles. The molecule has 0 atom stereocenters. The first-order chi connectivity index (χ1) is 23.3. The zero-order chi connectivity index (χ0) is 30.9. The summed E-state index contributed by atoms with van der Waals surface area (Å²) in [5.74, 6) is 0. The van der Waals surface area contributed by atoms with Gasteiger partial charge in [0.25, 0.3) is 0 Å².